The third-order valence-electron chi connectivity index (χ3n) is 3.50. The zero-order valence-corrected chi connectivity index (χ0v) is 13.6. The lowest BCUT2D eigenvalue weighted by Crippen LogP contribution is -2.48. The van der Waals surface area contributed by atoms with Crippen LogP contribution in [0, 0.1) is 0 Å². The van der Waals surface area contributed by atoms with Gasteiger partial charge < -0.3 is 14.9 Å². The SMILES string of the molecule is CN1CCN(C[C@@H](O)CN(C)c2ncc(Br)cn2)CC1. The minimum absolute atomic E-state index is 0.393. The van der Waals surface area contributed by atoms with Crippen molar-refractivity contribution in [3.05, 3.63) is 16.9 Å². The lowest BCUT2D eigenvalue weighted by Gasteiger charge is -2.34. The summed E-state index contributed by atoms with van der Waals surface area (Å²) >= 11 is 3.31. The Kier molecular flexibility index (Phi) is 5.71. The summed E-state index contributed by atoms with van der Waals surface area (Å²) in [5.41, 5.74) is 0. The molecule has 7 heteroatoms. The first kappa shape index (κ1) is 15.6. The van der Waals surface area contributed by atoms with Gasteiger partial charge in [0.05, 0.1) is 10.6 Å². The number of aliphatic hydroxyl groups excluding tert-OH is 1. The van der Waals surface area contributed by atoms with Gasteiger partial charge in [0.25, 0.3) is 0 Å². The first-order valence-electron chi connectivity index (χ1n) is 6.82. The number of hydrogen-bond acceptors (Lipinski definition) is 6. The highest BCUT2D eigenvalue weighted by molar-refractivity contribution is 9.10. The number of β-amino-alcohol motifs (C(OH)–C–C–N with tert-alkyl or cyclic N) is 1. The predicted octanol–water partition coefficient (Wildman–Crippen LogP) is 0.284. The molecular formula is C13H22BrN5O. The second-order valence-electron chi connectivity index (χ2n) is 5.34. The summed E-state index contributed by atoms with van der Waals surface area (Å²) in [6.07, 6.45) is 3.04. The van der Waals surface area contributed by atoms with Crippen LogP contribution in [-0.2, 0) is 0 Å². The molecule has 1 saturated heterocycles. The van der Waals surface area contributed by atoms with Gasteiger partial charge in [0.15, 0.2) is 0 Å². The van der Waals surface area contributed by atoms with Crippen LogP contribution < -0.4 is 4.90 Å². The van der Waals surface area contributed by atoms with Gasteiger partial charge in [-0.05, 0) is 23.0 Å². The highest BCUT2D eigenvalue weighted by Crippen LogP contribution is 2.10. The fourth-order valence-corrected chi connectivity index (χ4v) is 2.49. The molecule has 0 amide bonds. The summed E-state index contributed by atoms with van der Waals surface area (Å²) in [5, 5.41) is 10.2. The lowest BCUT2D eigenvalue weighted by molar-refractivity contribution is 0.0841. The molecule has 1 aromatic rings. The van der Waals surface area contributed by atoms with Gasteiger partial charge in [-0.3, -0.25) is 4.90 Å². The van der Waals surface area contributed by atoms with Crippen LogP contribution in [0.4, 0.5) is 5.95 Å². The quantitative estimate of drug-likeness (QED) is 0.828. The topological polar surface area (TPSA) is 55.7 Å². The van der Waals surface area contributed by atoms with Gasteiger partial charge in [-0.15, -0.1) is 0 Å². The lowest BCUT2D eigenvalue weighted by atomic mass is 10.2. The normalized spacial score (nSPS) is 19.0. The van der Waals surface area contributed by atoms with E-state index in [1.54, 1.807) is 12.4 Å². The van der Waals surface area contributed by atoms with Crippen LogP contribution in [0.15, 0.2) is 16.9 Å². The van der Waals surface area contributed by atoms with E-state index in [2.05, 4.69) is 42.7 Å². The van der Waals surface area contributed by atoms with Crippen LogP contribution in [0.5, 0.6) is 0 Å². The Bertz CT molecular complexity index is 408. The molecular weight excluding hydrogens is 322 g/mol. The van der Waals surface area contributed by atoms with Crippen molar-refractivity contribution in [3.63, 3.8) is 0 Å². The van der Waals surface area contributed by atoms with Crippen molar-refractivity contribution in [1.29, 1.82) is 0 Å². The van der Waals surface area contributed by atoms with Crippen LogP contribution >= 0.6 is 15.9 Å². The Balaban J connectivity index is 1.78. The number of aliphatic hydroxyl groups is 1. The fraction of sp³-hybridized carbons (Fsp3) is 0.692. The fourth-order valence-electron chi connectivity index (χ4n) is 2.29. The van der Waals surface area contributed by atoms with Crippen LogP contribution in [0.25, 0.3) is 0 Å². The monoisotopic (exact) mass is 343 g/mol. The van der Waals surface area contributed by atoms with E-state index in [-0.39, 0.29) is 0 Å². The second kappa shape index (κ2) is 7.31. The molecule has 1 aliphatic heterocycles. The molecule has 2 rings (SSSR count). The molecule has 0 unspecified atom stereocenters. The standard InChI is InChI=1S/C13H22BrN5O/c1-17-3-5-19(6-4-17)10-12(20)9-18(2)13-15-7-11(14)8-16-13/h7-8,12,20H,3-6,9-10H2,1-2H3/t12-/m0/s1. The first-order chi connectivity index (χ1) is 9.54. The van der Waals surface area contributed by atoms with Crippen LogP contribution in [0.2, 0.25) is 0 Å². The molecule has 112 valence electrons. The Morgan fingerprint density at radius 3 is 2.50 bits per heavy atom. The summed E-state index contributed by atoms with van der Waals surface area (Å²) in [6, 6.07) is 0. The molecule has 1 aliphatic rings. The van der Waals surface area contributed by atoms with Crippen LogP contribution in [0.1, 0.15) is 0 Å². The Morgan fingerprint density at radius 2 is 1.90 bits per heavy atom. The van der Waals surface area contributed by atoms with Crippen molar-refractivity contribution in [2.45, 2.75) is 6.10 Å². The van der Waals surface area contributed by atoms with Crippen molar-refractivity contribution >= 4 is 21.9 Å². The summed E-state index contributed by atoms with van der Waals surface area (Å²) in [6.45, 7) is 5.41. The van der Waals surface area contributed by atoms with Gasteiger partial charge in [-0.1, -0.05) is 0 Å². The van der Waals surface area contributed by atoms with Crippen molar-refractivity contribution in [3.8, 4) is 0 Å². The van der Waals surface area contributed by atoms with Crippen molar-refractivity contribution < 1.29 is 5.11 Å². The number of likely N-dealkylation sites (N-methyl/N-ethyl adjacent to an activating group) is 2. The van der Waals surface area contributed by atoms with E-state index in [0.717, 1.165) is 30.7 Å². The van der Waals surface area contributed by atoms with Crippen molar-refractivity contribution in [2.75, 3.05) is 58.3 Å². The molecule has 0 radical (unpaired) electrons. The molecule has 6 nitrogen and oxygen atoms in total. The Labute approximate surface area is 128 Å². The van der Waals surface area contributed by atoms with Gasteiger partial charge in [-0.25, -0.2) is 9.97 Å². The summed E-state index contributed by atoms with van der Waals surface area (Å²) < 4.78 is 0.854. The molecule has 1 fully saturated rings. The van der Waals surface area contributed by atoms with E-state index >= 15 is 0 Å². The van der Waals surface area contributed by atoms with E-state index in [9.17, 15) is 5.11 Å². The summed E-state index contributed by atoms with van der Waals surface area (Å²) in [4.78, 5) is 14.9. The Morgan fingerprint density at radius 1 is 1.30 bits per heavy atom. The number of rotatable bonds is 5. The van der Waals surface area contributed by atoms with Gasteiger partial charge in [0.2, 0.25) is 5.95 Å². The largest absolute Gasteiger partial charge is 0.390 e. The van der Waals surface area contributed by atoms with Gasteiger partial charge in [0, 0.05) is 58.7 Å². The zero-order chi connectivity index (χ0) is 14.5. The number of halogens is 1. The minimum Gasteiger partial charge on any atom is -0.390 e. The van der Waals surface area contributed by atoms with Gasteiger partial charge >= 0.3 is 0 Å². The van der Waals surface area contributed by atoms with E-state index in [1.807, 2.05) is 11.9 Å². The third-order valence-corrected chi connectivity index (χ3v) is 3.91. The second-order valence-corrected chi connectivity index (χ2v) is 6.26. The number of nitrogens with zero attached hydrogens (tertiary/aromatic N) is 5. The van der Waals surface area contributed by atoms with E-state index in [1.165, 1.54) is 0 Å². The maximum Gasteiger partial charge on any atom is 0.225 e. The molecule has 0 aliphatic carbocycles. The zero-order valence-electron chi connectivity index (χ0n) is 12.0. The smallest absolute Gasteiger partial charge is 0.225 e. The molecule has 1 N–H and O–H groups in total. The number of aromatic nitrogens is 2. The molecule has 0 spiro atoms. The molecule has 0 aromatic carbocycles. The summed E-state index contributed by atoms with van der Waals surface area (Å²) in [5.74, 6) is 0.630. The van der Waals surface area contributed by atoms with E-state index in [4.69, 9.17) is 0 Å². The predicted molar refractivity (Wildman–Crippen MR) is 82.9 cm³/mol. The summed E-state index contributed by atoms with van der Waals surface area (Å²) in [7, 11) is 4.03. The minimum atomic E-state index is -0.393. The molecule has 2 heterocycles. The van der Waals surface area contributed by atoms with Crippen molar-refractivity contribution in [1.82, 2.24) is 19.8 Å². The molecule has 1 aromatic heterocycles. The number of piperazine rings is 1. The van der Waals surface area contributed by atoms with Crippen molar-refractivity contribution in [2.24, 2.45) is 0 Å². The maximum absolute atomic E-state index is 10.2. The maximum atomic E-state index is 10.2. The van der Waals surface area contributed by atoms with E-state index in [0.29, 0.717) is 19.0 Å². The van der Waals surface area contributed by atoms with Gasteiger partial charge in [-0.2, -0.15) is 0 Å². The van der Waals surface area contributed by atoms with Gasteiger partial charge in [0.1, 0.15) is 0 Å². The first-order valence-corrected chi connectivity index (χ1v) is 7.61. The molecule has 20 heavy (non-hydrogen) atoms. The highest BCUT2D eigenvalue weighted by Gasteiger charge is 2.18. The van der Waals surface area contributed by atoms with Crippen LogP contribution in [-0.4, -0.2) is 84.3 Å². The average molecular weight is 344 g/mol. The number of hydrogen-bond donors (Lipinski definition) is 1. The molecule has 0 saturated carbocycles. The molecule has 1 atom stereocenters. The highest BCUT2D eigenvalue weighted by atomic mass is 79.9. The average Bonchev–Trinajstić information content (AvgIpc) is 2.42. The Hall–Kier alpha value is -0.760. The third kappa shape index (κ3) is 4.66. The molecule has 0 bridgehead atoms. The van der Waals surface area contributed by atoms with E-state index < -0.39 is 6.10 Å². The van der Waals surface area contributed by atoms with Crippen LogP contribution in [0.3, 0.4) is 0 Å². The number of anilines is 1.